The molecule has 12 heteroatoms. The van der Waals surface area contributed by atoms with E-state index in [1.807, 2.05) is 92.6 Å². The van der Waals surface area contributed by atoms with Crippen LogP contribution in [0.5, 0.6) is 0 Å². The third-order valence-corrected chi connectivity index (χ3v) is 10.2. The van der Waals surface area contributed by atoms with Gasteiger partial charge in [-0.25, -0.2) is 9.59 Å². The SMILES string of the molecule is C=CCNC(=O)C(=O)C(CCCC)NC(=O)[C@@H]1[C@@H]2[C@H](CN1C(=O)[C@@H](NC(=O)N[C@H](C(=O)O[C@@H](C)c1ccccc1)C(C)(C)C)C(C)(C)C)C2(C)C. The van der Waals surface area contributed by atoms with Crippen LogP contribution in [0.15, 0.2) is 43.0 Å². The van der Waals surface area contributed by atoms with Gasteiger partial charge < -0.3 is 30.9 Å². The number of amides is 5. The molecule has 1 aromatic rings. The molecule has 1 heterocycles. The summed E-state index contributed by atoms with van der Waals surface area (Å²) in [6.07, 6.45) is 2.54. The van der Waals surface area contributed by atoms with Crippen LogP contribution in [0.3, 0.4) is 0 Å². The highest BCUT2D eigenvalue weighted by atomic mass is 16.5. The lowest BCUT2D eigenvalue weighted by molar-refractivity contribution is -0.153. The number of carbonyl (C=O) groups is 6. The number of hydrogen-bond donors (Lipinski definition) is 4. The zero-order valence-electron chi connectivity index (χ0n) is 32.1. The molecule has 1 saturated carbocycles. The van der Waals surface area contributed by atoms with Crippen LogP contribution in [0, 0.1) is 28.1 Å². The second-order valence-corrected chi connectivity index (χ2v) is 16.7. The number of likely N-dealkylation sites (tertiary alicyclic amines) is 1. The number of carbonyl (C=O) groups excluding carboxylic acids is 6. The smallest absolute Gasteiger partial charge is 0.329 e. The minimum absolute atomic E-state index is 0.0407. The number of urea groups is 1. The molecule has 2 aliphatic rings. The number of nitrogens with one attached hydrogen (secondary N) is 4. The van der Waals surface area contributed by atoms with E-state index >= 15 is 0 Å². The van der Waals surface area contributed by atoms with Crippen molar-refractivity contribution >= 4 is 35.5 Å². The Labute approximate surface area is 303 Å². The Morgan fingerprint density at radius 1 is 0.961 bits per heavy atom. The van der Waals surface area contributed by atoms with Crippen LogP contribution < -0.4 is 21.3 Å². The molecule has 0 bridgehead atoms. The molecule has 1 aromatic carbocycles. The maximum atomic E-state index is 14.4. The topological polar surface area (TPSA) is 163 Å². The predicted octanol–water partition coefficient (Wildman–Crippen LogP) is 4.45. The average Bonchev–Trinajstić information content (AvgIpc) is 3.36. The van der Waals surface area contributed by atoms with Gasteiger partial charge in [0, 0.05) is 13.1 Å². The van der Waals surface area contributed by atoms with Crippen LogP contribution in [0.2, 0.25) is 0 Å². The first-order valence-electron chi connectivity index (χ1n) is 18.0. The van der Waals surface area contributed by atoms with Crippen molar-refractivity contribution in [3.05, 3.63) is 48.6 Å². The fourth-order valence-electron chi connectivity index (χ4n) is 6.94. The Morgan fingerprint density at radius 3 is 2.10 bits per heavy atom. The summed E-state index contributed by atoms with van der Waals surface area (Å²) in [4.78, 5) is 82.7. The standard InChI is InChI=1S/C39H59N5O7/c1-12-14-20-26(29(45)33(47)40-21-13-2)41-32(46)28-27-25(39(27,10)11)22-44(28)34(48)30(37(4,5)6)42-36(50)43-31(38(7,8)9)35(49)51-23(3)24-18-16-15-17-19-24/h13,15-19,23,25-28,30-31H,2,12,14,20-22H2,1,3-11H3,(H,40,47)(H,41,46)(H2,42,43,50)/t23-,25-,26?,27-,28-,30+,31+/m0/s1. The van der Waals surface area contributed by atoms with Crippen molar-refractivity contribution in [1.82, 2.24) is 26.2 Å². The van der Waals surface area contributed by atoms with Gasteiger partial charge in [0.1, 0.15) is 24.2 Å². The Hall–Kier alpha value is -4.22. The highest BCUT2D eigenvalue weighted by Gasteiger charge is 2.70. The molecule has 282 valence electrons. The van der Waals surface area contributed by atoms with Crippen molar-refractivity contribution in [1.29, 1.82) is 0 Å². The minimum atomic E-state index is -1.07. The van der Waals surface area contributed by atoms with Crippen LogP contribution in [0.1, 0.15) is 100 Å². The zero-order valence-corrected chi connectivity index (χ0v) is 32.1. The summed E-state index contributed by atoms with van der Waals surface area (Å²) in [7, 11) is 0. The molecule has 0 radical (unpaired) electrons. The number of fused-ring (bicyclic) bond motifs is 1. The van der Waals surface area contributed by atoms with Crippen LogP contribution in [-0.4, -0.2) is 77.7 Å². The molecule has 1 aliphatic carbocycles. The highest BCUT2D eigenvalue weighted by Crippen LogP contribution is 2.65. The van der Waals surface area contributed by atoms with Gasteiger partial charge in [-0.05, 0) is 47.0 Å². The van der Waals surface area contributed by atoms with Crippen molar-refractivity contribution in [3.63, 3.8) is 0 Å². The van der Waals surface area contributed by atoms with Gasteiger partial charge in [0.2, 0.25) is 17.6 Å². The fraction of sp³-hybridized carbons (Fsp3) is 0.641. The van der Waals surface area contributed by atoms with Gasteiger partial charge in [0.05, 0.1) is 6.04 Å². The summed E-state index contributed by atoms with van der Waals surface area (Å²) in [5.41, 5.74) is -0.933. The van der Waals surface area contributed by atoms with E-state index < -0.39 is 76.6 Å². The first-order valence-corrected chi connectivity index (χ1v) is 18.0. The van der Waals surface area contributed by atoms with Gasteiger partial charge in [-0.15, -0.1) is 6.58 Å². The molecular formula is C39H59N5O7. The molecule has 51 heavy (non-hydrogen) atoms. The van der Waals surface area contributed by atoms with Crippen molar-refractivity contribution in [3.8, 4) is 0 Å². The summed E-state index contributed by atoms with van der Waals surface area (Å²) >= 11 is 0. The van der Waals surface area contributed by atoms with Gasteiger partial charge in [0.15, 0.2) is 0 Å². The van der Waals surface area contributed by atoms with Gasteiger partial charge >= 0.3 is 12.0 Å². The van der Waals surface area contributed by atoms with E-state index in [2.05, 4.69) is 27.8 Å². The summed E-state index contributed by atoms with van der Waals surface area (Å²) < 4.78 is 5.76. The summed E-state index contributed by atoms with van der Waals surface area (Å²) in [5.74, 6) is -3.26. The minimum Gasteiger partial charge on any atom is -0.456 e. The lowest BCUT2D eigenvalue weighted by Gasteiger charge is -2.38. The van der Waals surface area contributed by atoms with E-state index in [1.165, 1.54) is 11.0 Å². The second-order valence-electron chi connectivity index (χ2n) is 16.7. The molecule has 4 N–H and O–H groups in total. The molecule has 1 unspecified atom stereocenters. The van der Waals surface area contributed by atoms with E-state index in [0.717, 1.165) is 12.0 Å². The quantitative estimate of drug-likeness (QED) is 0.119. The number of piperidine rings is 1. The number of rotatable bonds is 15. The van der Waals surface area contributed by atoms with E-state index in [1.54, 1.807) is 6.92 Å². The monoisotopic (exact) mass is 709 g/mol. The Balaban J connectivity index is 1.82. The zero-order chi connectivity index (χ0) is 38.5. The molecule has 0 spiro atoms. The number of nitrogens with zero attached hydrogens (tertiary/aromatic N) is 1. The first kappa shape index (κ1) is 41.2. The van der Waals surface area contributed by atoms with E-state index in [-0.39, 0.29) is 30.2 Å². The van der Waals surface area contributed by atoms with E-state index in [0.29, 0.717) is 13.0 Å². The number of esters is 1. The molecule has 5 amide bonds. The molecule has 3 rings (SSSR count). The molecule has 1 aliphatic heterocycles. The van der Waals surface area contributed by atoms with Crippen molar-refractivity contribution in [2.45, 2.75) is 119 Å². The largest absolute Gasteiger partial charge is 0.456 e. The molecule has 7 atom stereocenters. The van der Waals surface area contributed by atoms with E-state index in [4.69, 9.17) is 4.74 Å². The summed E-state index contributed by atoms with van der Waals surface area (Å²) in [5, 5.41) is 10.9. The predicted molar refractivity (Wildman–Crippen MR) is 195 cm³/mol. The maximum absolute atomic E-state index is 14.4. The molecule has 12 nitrogen and oxygen atoms in total. The molecule has 2 fully saturated rings. The number of hydrogen-bond acceptors (Lipinski definition) is 7. The number of unbranched alkanes of at least 4 members (excludes halogenated alkanes) is 1. The van der Waals surface area contributed by atoms with Crippen LogP contribution in [0.25, 0.3) is 0 Å². The van der Waals surface area contributed by atoms with Crippen LogP contribution in [-0.2, 0) is 28.7 Å². The fourth-order valence-corrected chi connectivity index (χ4v) is 6.94. The number of ketones is 1. The third kappa shape index (κ3) is 9.98. The highest BCUT2D eigenvalue weighted by molar-refractivity contribution is 6.38. The summed E-state index contributed by atoms with van der Waals surface area (Å²) in [6.45, 7) is 22.6. The van der Waals surface area contributed by atoms with Gasteiger partial charge in [-0.2, -0.15) is 0 Å². The van der Waals surface area contributed by atoms with Gasteiger partial charge in [-0.1, -0.05) is 112 Å². The Bertz CT molecular complexity index is 1460. The summed E-state index contributed by atoms with van der Waals surface area (Å²) in [6, 6.07) is 4.47. The van der Waals surface area contributed by atoms with Crippen LogP contribution in [0.4, 0.5) is 4.79 Å². The molecule has 0 aromatic heterocycles. The van der Waals surface area contributed by atoms with Crippen molar-refractivity contribution in [2.75, 3.05) is 13.1 Å². The first-order chi connectivity index (χ1) is 23.7. The molecule has 1 saturated heterocycles. The van der Waals surface area contributed by atoms with Gasteiger partial charge in [0.25, 0.3) is 5.91 Å². The Morgan fingerprint density at radius 2 is 1.55 bits per heavy atom. The maximum Gasteiger partial charge on any atom is 0.329 e. The third-order valence-electron chi connectivity index (χ3n) is 10.2. The average molecular weight is 710 g/mol. The second kappa shape index (κ2) is 16.4. The Kier molecular flexibility index (Phi) is 13.3. The van der Waals surface area contributed by atoms with E-state index in [9.17, 15) is 28.8 Å². The molecular weight excluding hydrogens is 650 g/mol. The van der Waals surface area contributed by atoms with Crippen molar-refractivity contribution < 1.29 is 33.5 Å². The number of Topliss-reactive ketones (excluding diaryl/α,β-unsaturated/α-hetero) is 1. The number of benzene rings is 1. The van der Waals surface area contributed by atoms with Crippen LogP contribution >= 0.6 is 0 Å². The van der Waals surface area contributed by atoms with Gasteiger partial charge in [-0.3, -0.25) is 19.2 Å². The normalized spacial score (nSPS) is 21.5. The number of ether oxygens (including phenoxy) is 1. The van der Waals surface area contributed by atoms with Crippen molar-refractivity contribution in [2.24, 2.45) is 28.1 Å². The lowest BCUT2D eigenvalue weighted by Crippen LogP contribution is -2.62. The lowest BCUT2D eigenvalue weighted by atomic mass is 9.85.